The highest BCUT2D eigenvalue weighted by molar-refractivity contribution is 5.79. The fourth-order valence-corrected chi connectivity index (χ4v) is 9.52. The first-order valence-corrected chi connectivity index (χ1v) is 11.5. The monoisotopic (exact) mass is 373 g/mol. The number of carbonyl (C=O) groups excluding carboxylic acids is 1. The van der Waals surface area contributed by atoms with Crippen LogP contribution in [0.3, 0.4) is 0 Å². The Balaban J connectivity index is 1.39. The molecule has 6 aliphatic rings. The Morgan fingerprint density at radius 3 is 2.67 bits per heavy atom. The Morgan fingerprint density at radius 1 is 1.00 bits per heavy atom. The second-order valence-electron chi connectivity index (χ2n) is 11.4. The quantitative estimate of drug-likeness (QED) is 0.682. The minimum Gasteiger partial charge on any atom is -0.393 e. The molecule has 27 heavy (non-hydrogen) atoms. The largest absolute Gasteiger partial charge is 0.393 e. The molecule has 10 atom stereocenters. The molecular weight excluding hydrogens is 338 g/mol. The van der Waals surface area contributed by atoms with Crippen molar-refractivity contribution in [2.24, 2.45) is 40.4 Å². The fraction of sp³-hybridized carbons (Fsp3) is 0.957. The third-order valence-electron chi connectivity index (χ3n) is 10.8. The molecule has 2 bridgehead atoms. The lowest BCUT2D eigenvalue weighted by molar-refractivity contribution is -0.288. The summed E-state index contributed by atoms with van der Waals surface area (Å²) < 4.78 is 7.00. The van der Waals surface area contributed by atoms with Gasteiger partial charge in [-0.25, -0.2) is 0 Å². The Morgan fingerprint density at radius 2 is 1.81 bits per heavy atom. The van der Waals surface area contributed by atoms with Crippen molar-refractivity contribution >= 4 is 5.91 Å². The van der Waals surface area contributed by atoms with Gasteiger partial charge in [-0.05, 0) is 86.9 Å². The van der Waals surface area contributed by atoms with Crippen LogP contribution in [0.1, 0.15) is 78.1 Å². The smallest absolute Gasteiger partial charge is 0.222 e. The molecule has 4 nitrogen and oxygen atoms in total. The summed E-state index contributed by atoms with van der Waals surface area (Å²) in [4.78, 5) is 12.1. The van der Waals surface area contributed by atoms with Gasteiger partial charge in [0.05, 0.1) is 11.7 Å². The Kier molecular flexibility index (Phi) is 3.39. The second-order valence-corrected chi connectivity index (χ2v) is 11.4. The van der Waals surface area contributed by atoms with Gasteiger partial charge < -0.3 is 15.2 Å². The number of fused-ring (bicyclic) bond motifs is 5. The van der Waals surface area contributed by atoms with Crippen LogP contribution in [-0.4, -0.2) is 28.9 Å². The normalized spacial score (nSPS) is 61.4. The van der Waals surface area contributed by atoms with Crippen LogP contribution in [0.25, 0.3) is 0 Å². The molecule has 2 aliphatic heterocycles. The van der Waals surface area contributed by atoms with E-state index in [2.05, 4.69) is 19.2 Å². The molecule has 4 heteroatoms. The van der Waals surface area contributed by atoms with Crippen LogP contribution in [-0.2, 0) is 9.53 Å². The summed E-state index contributed by atoms with van der Waals surface area (Å²) in [6.45, 7) is 5.05. The zero-order valence-corrected chi connectivity index (χ0v) is 16.9. The minimum absolute atomic E-state index is 0.0244. The van der Waals surface area contributed by atoms with Crippen molar-refractivity contribution in [3.8, 4) is 0 Å². The van der Waals surface area contributed by atoms with E-state index in [1.54, 1.807) is 0 Å². The number of ether oxygens (including phenoxy) is 1. The van der Waals surface area contributed by atoms with Crippen molar-refractivity contribution < 1.29 is 14.6 Å². The average molecular weight is 374 g/mol. The summed E-state index contributed by atoms with van der Waals surface area (Å²) in [6, 6.07) is 0. The van der Waals surface area contributed by atoms with Crippen LogP contribution in [0.2, 0.25) is 0 Å². The van der Waals surface area contributed by atoms with Crippen molar-refractivity contribution in [1.82, 2.24) is 5.32 Å². The van der Waals surface area contributed by atoms with E-state index in [4.69, 9.17) is 4.74 Å². The van der Waals surface area contributed by atoms with Crippen molar-refractivity contribution in [3.63, 3.8) is 0 Å². The molecule has 0 aromatic rings. The van der Waals surface area contributed by atoms with Gasteiger partial charge in [-0.1, -0.05) is 13.8 Å². The summed E-state index contributed by atoms with van der Waals surface area (Å²) in [5.41, 5.74) is 0.595. The predicted octanol–water partition coefficient (Wildman–Crippen LogP) is 3.62. The first-order valence-electron chi connectivity index (χ1n) is 11.5. The molecule has 0 aromatic heterocycles. The van der Waals surface area contributed by atoms with Crippen LogP contribution >= 0.6 is 0 Å². The molecule has 0 spiro atoms. The molecule has 1 amide bonds. The fourth-order valence-electron chi connectivity index (χ4n) is 9.52. The Labute approximate surface area is 162 Å². The second kappa shape index (κ2) is 5.30. The molecule has 6 fully saturated rings. The molecule has 2 unspecified atom stereocenters. The highest BCUT2D eigenvalue weighted by Gasteiger charge is 2.73. The maximum Gasteiger partial charge on any atom is 0.222 e. The topological polar surface area (TPSA) is 58.6 Å². The summed E-state index contributed by atoms with van der Waals surface area (Å²) in [6.07, 6.45) is 11.3. The van der Waals surface area contributed by atoms with Gasteiger partial charge in [0.15, 0.2) is 0 Å². The molecule has 150 valence electrons. The van der Waals surface area contributed by atoms with Gasteiger partial charge in [0.2, 0.25) is 5.91 Å². The number of aliphatic hydroxyl groups is 1. The van der Waals surface area contributed by atoms with Crippen LogP contribution in [0, 0.1) is 40.4 Å². The lowest BCUT2D eigenvalue weighted by Crippen LogP contribution is -2.67. The molecule has 4 aliphatic carbocycles. The van der Waals surface area contributed by atoms with Crippen LogP contribution in [0.15, 0.2) is 0 Å². The van der Waals surface area contributed by atoms with E-state index in [1.165, 1.54) is 44.9 Å². The van der Waals surface area contributed by atoms with Crippen LogP contribution in [0.4, 0.5) is 0 Å². The molecule has 2 heterocycles. The number of hydrogen-bond donors (Lipinski definition) is 2. The van der Waals surface area contributed by atoms with Crippen LogP contribution < -0.4 is 5.32 Å². The SMILES string of the molecule is C[C@]12CC[C@@H](O)C[C@@H]1CC[C@@H]1[C@@H]2CC[C@]2(C)C3CC[C@]12O[C@@H]1NC(=O)CC31. The number of amides is 1. The summed E-state index contributed by atoms with van der Waals surface area (Å²) in [7, 11) is 0. The number of rotatable bonds is 0. The van der Waals surface area contributed by atoms with Gasteiger partial charge in [0.25, 0.3) is 0 Å². The number of hydrogen-bond acceptors (Lipinski definition) is 3. The minimum atomic E-state index is -0.0807. The Bertz CT molecular complexity index is 681. The third kappa shape index (κ3) is 1.95. The van der Waals surface area contributed by atoms with Gasteiger partial charge >= 0.3 is 0 Å². The van der Waals surface area contributed by atoms with E-state index in [9.17, 15) is 9.90 Å². The first-order chi connectivity index (χ1) is 12.9. The number of aliphatic hydroxyl groups excluding tert-OH is 1. The van der Waals surface area contributed by atoms with Crippen LogP contribution in [0.5, 0.6) is 0 Å². The highest BCUT2D eigenvalue weighted by Crippen LogP contribution is 2.73. The first kappa shape index (κ1) is 17.3. The van der Waals surface area contributed by atoms with Crippen molar-refractivity contribution in [2.75, 3.05) is 0 Å². The van der Waals surface area contributed by atoms with Gasteiger partial charge in [0, 0.05) is 17.8 Å². The molecule has 4 saturated carbocycles. The predicted molar refractivity (Wildman–Crippen MR) is 102 cm³/mol. The standard InChI is InChI=1S/C23H35NO3/c1-21-8-5-14(25)11-13(21)3-4-18-17(21)6-9-22(2)16-7-10-23(18,22)27-20-15(16)12-19(26)24-20/h13-18,20,25H,3-12H2,1-2H3,(H,24,26)/t13-,14+,15?,16?,17-,18+,20-,21-,22+,23-/m0/s1. The maximum atomic E-state index is 12.1. The highest BCUT2D eigenvalue weighted by atomic mass is 16.5. The zero-order valence-electron chi connectivity index (χ0n) is 16.9. The van der Waals surface area contributed by atoms with Crippen molar-refractivity contribution in [1.29, 1.82) is 0 Å². The van der Waals surface area contributed by atoms with E-state index >= 15 is 0 Å². The molecule has 0 aromatic carbocycles. The molecule has 0 radical (unpaired) electrons. The van der Waals surface area contributed by atoms with E-state index in [0.717, 1.165) is 18.8 Å². The summed E-state index contributed by atoms with van der Waals surface area (Å²) in [5.74, 6) is 3.28. The number of nitrogens with one attached hydrogen (secondary N) is 1. The molecule has 6 rings (SSSR count). The zero-order chi connectivity index (χ0) is 18.6. The van der Waals surface area contributed by atoms with E-state index in [1.807, 2.05) is 0 Å². The number of carbonyl (C=O) groups is 1. The maximum absolute atomic E-state index is 12.1. The van der Waals surface area contributed by atoms with Crippen molar-refractivity contribution in [2.45, 2.75) is 96.0 Å². The van der Waals surface area contributed by atoms with E-state index < -0.39 is 0 Å². The Hall–Kier alpha value is -0.610. The molecule has 2 N–H and O–H groups in total. The van der Waals surface area contributed by atoms with Crippen molar-refractivity contribution in [3.05, 3.63) is 0 Å². The molecular formula is C23H35NO3. The van der Waals surface area contributed by atoms with Gasteiger partial charge in [-0.15, -0.1) is 0 Å². The third-order valence-corrected chi connectivity index (χ3v) is 10.8. The van der Waals surface area contributed by atoms with Gasteiger partial charge in [-0.3, -0.25) is 4.79 Å². The lowest BCUT2D eigenvalue weighted by atomic mass is 9.42. The average Bonchev–Trinajstić information content (AvgIpc) is 3.08. The van der Waals surface area contributed by atoms with E-state index in [0.29, 0.717) is 35.5 Å². The lowest BCUT2D eigenvalue weighted by Gasteiger charge is -2.67. The summed E-state index contributed by atoms with van der Waals surface area (Å²) >= 11 is 0. The molecule has 2 saturated heterocycles. The van der Waals surface area contributed by atoms with Gasteiger partial charge in [0.1, 0.15) is 6.23 Å². The summed E-state index contributed by atoms with van der Waals surface area (Å²) in [5, 5.41) is 13.4. The van der Waals surface area contributed by atoms with Gasteiger partial charge in [-0.2, -0.15) is 0 Å². The van der Waals surface area contributed by atoms with E-state index in [-0.39, 0.29) is 29.3 Å².